The van der Waals surface area contributed by atoms with Gasteiger partial charge in [0.05, 0.1) is 0 Å². The molecule has 0 saturated carbocycles. The molecular weight excluding hydrogens is 180 g/mol. The number of thiocarbonyl (C=S) groups is 1. The number of allylic oxidation sites excluding steroid dienone is 4. The SMILES string of the molecule is CC1C=CC=C(C(=O)Cl)C1=S. The quantitative estimate of drug-likeness (QED) is 0.462. The van der Waals surface area contributed by atoms with E-state index in [-0.39, 0.29) is 5.92 Å². The first kappa shape index (κ1) is 8.62. The molecule has 1 aliphatic carbocycles. The van der Waals surface area contributed by atoms with Gasteiger partial charge < -0.3 is 0 Å². The highest BCUT2D eigenvalue weighted by Crippen LogP contribution is 2.17. The highest BCUT2D eigenvalue weighted by molar-refractivity contribution is 7.81. The van der Waals surface area contributed by atoms with Gasteiger partial charge in [0.15, 0.2) is 0 Å². The molecule has 0 radical (unpaired) electrons. The summed E-state index contributed by atoms with van der Waals surface area (Å²) in [7, 11) is 0. The molecule has 0 heterocycles. The Kier molecular flexibility index (Phi) is 2.58. The van der Waals surface area contributed by atoms with E-state index in [0.717, 1.165) is 0 Å². The van der Waals surface area contributed by atoms with Gasteiger partial charge in [0, 0.05) is 16.4 Å². The summed E-state index contributed by atoms with van der Waals surface area (Å²) in [5.74, 6) is 0.146. The highest BCUT2D eigenvalue weighted by Gasteiger charge is 2.17. The monoisotopic (exact) mass is 186 g/mol. The van der Waals surface area contributed by atoms with Crippen molar-refractivity contribution >= 4 is 33.9 Å². The molecule has 58 valence electrons. The van der Waals surface area contributed by atoms with Gasteiger partial charge in [-0.1, -0.05) is 31.3 Å². The van der Waals surface area contributed by atoms with E-state index in [9.17, 15) is 4.79 Å². The second-order valence-corrected chi connectivity index (χ2v) is 3.17. The van der Waals surface area contributed by atoms with Gasteiger partial charge in [0.25, 0.3) is 5.24 Å². The van der Waals surface area contributed by atoms with E-state index in [2.05, 4.69) is 0 Å². The van der Waals surface area contributed by atoms with Crippen LogP contribution < -0.4 is 0 Å². The van der Waals surface area contributed by atoms with Crippen molar-refractivity contribution in [3.8, 4) is 0 Å². The third kappa shape index (κ3) is 1.76. The average molecular weight is 187 g/mol. The van der Waals surface area contributed by atoms with Crippen LogP contribution in [0.15, 0.2) is 23.8 Å². The Morgan fingerprint density at radius 2 is 2.36 bits per heavy atom. The number of rotatable bonds is 1. The van der Waals surface area contributed by atoms with Crippen molar-refractivity contribution in [2.75, 3.05) is 0 Å². The van der Waals surface area contributed by atoms with Gasteiger partial charge >= 0.3 is 0 Å². The van der Waals surface area contributed by atoms with Crippen LogP contribution in [0.3, 0.4) is 0 Å². The van der Waals surface area contributed by atoms with Gasteiger partial charge in [-0.05, 0) is 17.7 Å². The van der Waals surface area contributed by atoms with Crippen LogP contribution in [-0.4, -0.2) is 10.1 Å². The molecule has 1 unspecified atom stereocenters. The van der Waals surface area contributed by atoms with Crippen molar-refractivity contribution in [3.63, 3.8) is 0 Å². The Labute approximate surface area is 75.7 Å². The summed E-state index contributed by atoms with van der Waals surface area (Å²) in [4.78, 5) is 11.4. The van der Waals surface area contributed by atoms with Crippen molar-refractivity contribution in [1.82, 2.24) is 0 Å². The summed E-state index contributed by atoms with van der Waals surface area (Å²) < 4.78 is 0. The predicted octanol–water partition coefficient (Wildman–Crippen LogP) is 2.25. The van der Waals surface area contributed by atoms with Gasteiger partial charge in [-0.2, -0.15) is 0 Å². The van der Waals surface area contributed by atoms with E-state index in [4.69, 9.17) is 23.8 Å². The van der Waals surface area contributed by atoms with E-state index in [1.54, 1.807) is 12.2 Å². The van der Waals surface area contributed by atoms with E-state index in [0.29, 0.717) is 10.4 Å². The molecule has 0 aromatic carbocycles. The van der Waals surface area contributed by atoms with Crippen LogP contribution in [0, 0.1) is 5.92 Å². The highest BCUT2D eigenvalue weighted by atomic mass is 35.5. The van der Waals surface area contributed by atoms with Crippen LogP contribution in [0.4, 0.5) is 0 Å². The third-order valence-corrected chi connectivity index (χ3v) is 2.35. The fourth-order valence-corrected chi connectivity index (χ4v) is 1.36. The van der Waals surface area contributed by atoms with E-state index in [1.165, 1.54) is 0 Å². The minimum Gasteiger partial charge on any atom is -0.276 e. The van der Waals surface area contributed by atoms with Crippen LogP contribution in [0.25, 0.3) is 0 Å². The molecule has 0 saturated heterocycles. The van der Waals surface area contributed by atoms with Crippen LogP contribution in [-0.2, 0) is 4.79 Å². The molecule has 0 aliphatic heterocycles. The van der Waals surface area contributed by atoms with Crippen LogP contribution in [0.2, 0.25) is 0 Å². The molecule has 1 aliphatic rings. The van der Waals surface area contributed by atoms with Crippen LogP contribution in [0.1, 0.15) is 6.92 Å². The molecule has 11 heavy (non-hydrogen) atoms. The maximum Gasteiger partial charge on any atom is 0.253 e. The summed E-state index contributed by atoms with van der Waals surface area (Å²) in [6.45, 7) is 1.94. The van der Waals surface area contributed by atoms with Crippen molar-refractivity contribution in [2.24, 2.45) is 5.92 Å². The van der Waals surface area contributed by atoms with Gasteiger partial charge in [-0.15, -0.1) is 0 Å². The molecule has 0 spiro atoms. The number of halogens is 1. The van der Waals surface area contributed by atoms with Crippen molar-refractivity contribution in [3.05, 3.63) is 23.8 Å². The zero-order chi connectivity index (χ0) is 8.43. The zero-order valence-corrected chi connectivity index (χ0v) is 7.58. The van der Waals surface area contributed by atoms with Crippen LogP contribution in [0.5, 0.6) is 0 Å². The summed E-state index contributed by atoms with van der Waals surface area (Å²) in [5, 5.41) is -0.466. The Morgan fingerprint density at radius 1 is 1.73 bits per heavy atom. The Bertz CT molecular complexity index is 265. The average Bonchev–Trinajstić information content (AvgIpc) is 1.94. The third-order valence-electron chi connectivity index (χ3n) is 1.55. The Balaban J connectivity index is 2.96. The lowest BCUT2D eigenvalue weighted by Crippen LogP contribution is -2.15. The molecule has 0 N–H and O–H groups in total. The molecule has 0 fully saturated rings. The molecular formula is C8H7ClOS. The van der Waals surface area contributed by atoms with Gasteiger partial charge in [-0.25, -0.2) is 0 Å². The first-order valence-electron chi connectivity index (χ1n) is 3.25. The zero-order valence-electron chi connectivity index (χ0n) is 6.00. The lowest BCUT2D eigenvalue weighted by Gasteiger charge is -2.12. The van der Waals surface area contributed by atoms with Crippen molar-refractivity contribution in [1.29, 1.82) is 0 Å². The van der Waals surface area contributed by atoms with E-state index >= 15 is 0 Å². The second-order valence-electron chi connectivity index (χ2n) is 2.39. The van der Waals surface area contributed by atoms with Gasteiger partial charge in [0.1, 0.15) is 0 Å². The summed E-state index contributed by atoms with van der Waals surface area (Å²) in [6.07, 6.45) is 5.39. The summed E-state index contributed by atoms with van der Waals surface area (Å²) >= 11 is 10.3. The molecule has 0 aromatic rings. The number of hydrogen-bond donors (Lipinski definition) is 0. The number of carbonyl (C=O) groups is 1. The molecule has 1 rings (SSSR count). The summed E-state index contributed by atoms with van der Waals surface area (Å²) in [6, 6.07) is 0. The van der Waals surface area contributed by atoms with E-state index in [1.807, 2.05) is 13.0 Å². The largest absolute Gasteiger partial charge is 0.276 e. The van der Waals surface area contributed by atoms with Gasteiger partial charge in [0.2, 0.25) is 0 Å². The second kappa shape index (κ2) is 3.28. The lowest BCUT2D eigenvalue weighted by molar-refractivity contribution is -0.108. The molecule has 0 aromatic heterocycles. The molecule has 0 amide bonds. The fraction of sp³-hybridized carbons (Fsp3) is 0.250. The minimum atomic E-state index is -0.466. The van der Waals surface area contributed by atoms with E-state index < -0.39 is 5.24 Å². The molecule has 1 atom stereocenters. The first-order chi connectivity index (χ1) is 5.13. The summed E-state index contributed by atoms with van der Waals surface area (Å²) in [5.41, 5.74) is 0.455. The Hall–Kier alpha value is -0.470. The first-order valence-corrected chi connectivity index (χ1v) is 4.04. The predicted molar refractivity (Wildman–Crippen MR) is 49.8 cm³/mol. The normalized spacial score (nSPS) is 23.3. The molecule has 1 nitrogen and oxygen atoms in total. The van der Waals surface area contributed by atoms with Crippen LogP contribution >= 0.6 is 23.8 Å². The standard InChI is InChI=1S/C8H7ClOS/c1-5-3-2-4-6(7(5)11)8(9)10/h2-5H,1H3. The van der Waals surface area contributed by atoms with Crippen molar-refractivity contribution < 1.29 is 4.79 Å². The number of hydrogen-bond acceptors (Lipinski definition) is 2. The topological polar surface area (TPSA) is 17.1 Å². The Morgan fingerprint density at radius 3 is 2.82 bits per heavy atom. The smallest absolute Gasteiger partial charge is 0.253 e. The van der Waals surface area contributed by atoms with Gasteiger partial charge in [-0.3, -0.25) is 4.79 Å². The minimum absolute atomic E-state index is 0.146. The molecule has 3 heteroatoms. The van der Waals surface area contributed by atoms with Crippen molar-refractivity contribution in [2.45, 2.75) is 6.92 Å². The number of carbonyl (C=O) groups excluding carboxylic acids is 1. The maximum atomic E-state index is 10.7. The molecule has 0 bridgehead atoms. The fourth-order valence-electron chi connectivity index (χ4n) is 0.896. The maximum absolute atomic E-state index is 10.7. The lowest BCUT2D eigenvalue weighted by atomic mass is 9.96.